The first-order valence-corrected chi connectivity index (χ1v) is 13.2. The minimum Gasteiger partial charge on any atom is -0.340 e. The molecule has 3 aliphatic rings. The minimum atomic E-state index is 0.0802. The fraction of sp³-hybridized carbons (Fsp3) is 0.417. The highest BCUT2D eigenvalue weighted by molar-refractivity contribution is 8.00. The number of nitrogens with zero attached hydrogens (tertiary/aromatic N) is 5. The number of fused-ring (bicyclic) bond motifs is 4. The lowest BCUT2D eigenvalue weighted by atomic mass is 9.86. The second-order valence-electron chi connectivity index (χ2n) is 8.90. The van der Waals surface area contributed by atoms with Crippen LogP contribution in [0.2, 0.25) is 0 Å². The van der Waals surface area contributed by atoms with E-state index in [2.05, 4.69) is 55.3 Å². The van der Waals surface area contributed by atoms with E-state index in [0.29, 0.717) is 5.91 Å². The van der Waals surface area contributed by atoms with E-state index in [9.17, 15) is 4.79 Å². The Morgan fingerprint density at radius 1 is 1.18 bits per heavy atom. The summed E-state index contributed by atoms with van der Waals surface area (Å²) in [6, 6.07) is 6.25. The van der Waals surface area contributed by atoms with Gasteiger partial charge in [-0.25, -0.2) is 9.97 Å². The van der Waals surface area contributed by atoms with E-state index in [1.165, 1.54) is 15.3 Å². The fourth-order valence-corrected chi connectivity index (χ4v) is 6.99. The lowest BCUT2D eigenvalue weighted by molar-refractivity contribution is -0.137. The lowest BCUT2D eigenvalue weighted by Gasteiger charge is -2.35. The topological polar surface area (TPSA) is 73.7 Å². The van der Waals surface area contributed by atoms with E-state index in [0.717, 1.165) is 78.6 Å². The summed E-state index contributed by atoms with van der Waals surface area (Å²) in [6.07, 6.45) is 6.20. The summed E-state index contributed by atoms with van der Waals surface area (Å²) in [4.78, 5) is 34.6. The van der Waals surface area contributed by atoms with Crippen molar-refractivity contribution < 1.29 is 4.79 Å². The van der Waals surface area contributed by atoms with Crippen molar-refractivity contribution in [3.63, 3.8) is 0 Å². The number of carbonyl (C=O) groups excluding carboxylic acids is 1. The zero-order valence-corrected chi connectivity index (χ0v) is 20.2. The highest BCUT2D eigenvalue weighted by Gasteiger charge is 2.32. The molecule has 1 atom stereocenters. The Kier molecular flexibility index (Phi) is 5.55. The van der Waals surface area contributed by atoms with Crippen molar-refractivity contribution in [2.24, 2.45) is 10.9 Å². The van der Waals surface area contributed by atoms with Gasteiger partial charge in [0.15, 0.2) is 0 Å². The number of anilines is 2. The van der Waals surface area contributed by atoms with E-state index in [-0.39, 0.29) is 5.92 Å². The van der Waals surface area contributed by atoms with Crippen molar-refractivity contribution in [3.8, 4) is 0 Å². The lowest BCUT2D eigenvalue weighted by Crippen LogP contribution is -2.49. The van der Waals surface area contributed by atoms with E-state index < -0.39 is 0 Å². The number of aryl methyl sites for hydroxylation is 1. The average Bonchev–Trinajstić information content (AvgIpc) is 3.23. The number of benzene rings is 1. The minimum absolute atomic E-state index is 0.0802. The maximum absolute atomic E-state index is 13.2. The quantitative estimate of drug-likeness (QED) is 0.610. The summed E-state index contributed by atoms with van der Waals surface area (Å²) in [7, 11) is 2.12. The van der Waals surface area contributed by atoms with E-state index in [1.807, 2.05) is 6.21 Å². The molecule has 6 rings (SSSR count). The van der Waals surface area contributed by atoms with Crippen LogP contribution >= 0.6 is 23.1 Å². The predicted molar refractivity (Wildman–Crippen MR) is 136 cm³/mol. The van der Waals surface area contributed by atoms with Crippen LogP contribution in [0.1, 0.15) is 16.9 Å². The molecule has 0 spiro atoms. The van der Waals surface area contributed by atoms with Gasteiger partial charge in [-0.2, -0.15) is 0 Å². The second-order valence-corrected chi connectivity index (χ2v) is 11.1. The van der Waals surface area contributed by atoms with Gasteiger partial charge in [-0.05, 0) is 50.1 Å². The molecule has 1 amide bonds. The van der Waals surface area contributed by atoms with Gasteiger partial charge in [0.1, 0.15) is 17.0 Å². The average molecular weight is 479 g/mol. The molecule has 2 aromatic heterocycles. The number of thiophene rings is 1. The molecule has 1 aliphatic carbocycles. The maximum atomic E-state index is 13.2. The SMILES string of the molecule is CN1CCN(C(=O)C2CCc3c(sc4ncnc(Nc5ccc6c(c5)SCC=N6)c34)C2)CC1. The van der Waals surface area contributed by atoms with Gasteiger partial charge >= 0.3 is 0 Å². The maximum Gasteiger partial charge on any atom is 0.226 e. The van der Waals surface area contributed by atoms with Crippen LogP contribution in [0.25, 0.3) is 10.2 Å². The molecule has 1 unspecified atom stereocenters. The van der Waals surface area contributed by atoms with Gasteiger partial charge in [-0.3, -0.25) is 9.79 Å². The normalized spacial score (nSPS) is 20.5. The number of amides is 1. The first kappa shape index (κ1) is 21.1. The second kappa shape index (κ2) is 8.70. The van der Waals surface area contributed by atoms with Crippen molar-refractivity contribution in [2.45, 2.75) is 24.2 Å². The number of thioether (sulfide) groups is 1. The van der Waals surface area contributed by atoms with Crippen LogP contribution in [0, 0.1) is 5.92 Å². The zero-order chi connectivity index (χ0) is 22.4. The molecule has 7 nitrogen and oxygen atoms in total. The van der Waals surface area contributed by atoms with E-state index in [1.54, 1.807) is 29.4 Å². The number of aliphatic imine (C=N–C) groups is 1. The molecule has 1 fully saturated rings. The third-order valence-corrected chi connectivity index (χ3v) is 8.89. The molecule has 0 saturated carbocycles. The zero-order valence-electron chi connectivity index (χ0n) is 18.6. The van der Waals surface area contributed by atoms with Crippen molar-refractivity contribution in [3.05, 3.63) is 35.0 Å². The van der Waals surface area contributed by atoms with Crippen molar-refractivity contribution in [2.75, 3.05) is 44.3 Å². The Bertz CT molecular complexity index is 1250. The molecule has 4 heterocycles. The number of hydrogen-bond donors (Lipinski definition) is 1. The Morgan fingerprint density at radius 3 is 2.94 bits per heavy atom. The van der Waals surface area contributed by atoms with Crippen LogP contribution in [0.4, 0.5) is 17.2 Å². The van der Waals surface area contributed by atoms with Crippen molar-refractivity contribution >= 4 is 62.6 Å². The van der Waals surface area contributed by atoms with Crippen LogP contribution in [0.3, 0.4) is 0 Å². The van der Waals surface area contributed by atoms with Crippen molar-refractivity contribution in [1.29, 1.82) is 0 Å². The highest BCUT2D eigenvalue weighted by atomic mass is 32.2. The van der Waals surface area contributed by atoms with Gasteiger partial charge in [0.2, 0.25) is 5.91 Å². The third kappa shape index (κ3) is 4.02. The Hall–Kier alpha value is -2.49. The van der Waals surface area contributed by atoms with Gasteiger partial charge in [0, 0.05) is 59.5 Å². The van der Waals surface area contributed by atoms with Gasteiger partial charge < -0.3 is 15.1 Å². The predicted octanol–water partition coefficient (Wildman–Crippen LogP) is 4.12. The van der Waals surface area contributed by atoms with Gasteiger partial charge in [0.25, 0.3) is 0 Å². The van der Waals surface area contributed by atoms with Crippen LogP contribution in [0.15, 0.2) is 34.4 Å². The number of likely N-dealkylation sites (N-methyl/N-ethyl adjacent to an activating group) is 1. The van der Waals surface area contributed by atoms with Gasteiger partial charge in [-0.1, -0.05) is 0 Å². The standard InChI is InChI=1S/C24H26N6OS2/c1-29-7-9-30(10-8-29)24(31)15-2-4-17-19(12-15)33-23-21(17)22(26-14-27-23)28-16-3-5-18-20(13-16)32-11-6-25-18/h3,5-6,13-15H,2,4,7-12H2,1H3,(H,26,27,28). The summed E-state index contributed by atoms with van der Waals surface area (Å²) < 4.78 is 0. The number of hydrogen-bond acceptors (Lipinski definition) is 8. The molecular formula is C24H26N6OS2. The number of aromatic nitrogens is 2. The summed E-state index contributed by atoms with van der Waals surface area (Å²) in [5.74, 6) is 2.16. The van der Waals surface area contributed by atoms with Gasteiger partial charge in [0.05, 0.1) is 11.1 Å². The fourth-order valence-electron chi connectivity index (χ4n) is 4.91. The Labute approximate surface area is 201 Å². The number of nitrogens with one attached hydrogen (secondary N) is 1. The molecule has 33 heavy (non-hydrogen) atoms. The molecule has 1 saturated heterocycles. The molecule has 2 aliphatic heterocycles. The summed E-state index contributed by atoms with van der Waals surface area (Å²) >= 11 is 3.52. The smallest absolute Gasteiger partial charge is 0.226 e. The van der Waals surface area contributed by atoms with Crippen LogP contribution in [-0.4, -0.2) is 70.9 Å². The van der Waals surface area contributed by atoms with E-state index in [4.69, 9.17) is 0 Å². The highest BCUT2D eigenvalue weighted by Crippen LogP contribution is 2.41. The molecule has 9 heteroatoms. The van der Waals surface area contributed by atoms with Crippen LogP contribution in [0.5, 0.6) is 0 Å². The molecule has 170 valence electrons. The third-order valence-electron chi connectivity index (χ3n) is 6.78. The summed E-state index contributed by atoms with van der Waals surface area (Å²) in [5.41, 5.74) is 3.35. The molecule has 0 bridgehead atoms. The van der Waals surface area contributed by atoms with Crippen LogP contribution < -0.4 is 5.32 Å². The first-order chi connectivity index (χ1) is 16.2. The number of carbonyl (C=O) groups is 1. The van der Waals surface area contributed by atoms with Crippen molar-refractivity contribution in [1.82, 2.24) is 19.8 Å². The summed E-state index contributed by atoms with van der Waals surface area (Å²) in [5, 5.41) is 4.65. The van der Waals surface area contributed by atoms with Gasteiger partial charge in [-0.15, -0.1) is 23.1 Å². The summed E-state index contributed by atoms with van der Waals surface area (Å²) in [6.45, 7) is 3.61. The first-order valence-electron chi connectivity index (χ1n) is 11.4. The molecule has 0 radical (unpaired) electrons. The van der Waals surface area contributed by atoms with Crippen LogP contribution in [-0.2, 0) is 17.6 Å². The number of rotatable bonds is 3. The number of piperazine rings is 1. The molecule has 1 aromatic carbocycles. The monoisotopic (exact) mass is 478 g/mol. The van der Waals surface area contributed by atoms with E-state index >= 15 is 0 Å². The largest absolute Gasteiger partial charge is 0.340 e. The molecule has 3 aromatic rings. The molecule has 1 N–H and O–H groups in total. The molecular weight excluding hydrogens is 452 g/mol. The Morgan fingerprint density at radius 2 is 2.06 bits per heavy atom. The Balaban J connectivity index is 1.26.